The highest BCUT2D eigenvalue weighted by molar-refractivity contribution is 6.42. The fraction of sp³-hybridized carbons (Fsp3) is 0.333. The van der Waals surface area contributed by atoms with E-state index in [-0.39, 0.29) is 11.9 Å². The van der Waals surface area contributed by atoms with E-state index in [2.05, 4.69) is 22.9 Å². The van der Waals surface area contributed by atoms with Gasteiger partial charge in [0.05, 0.1) is 35.3 Å². The Balaban J connectivity index is 1.45. The van der Waals surface area contributed by atoms with E-state index in [1.807, 2.05) is 30.0 Å². The summed E-state index contributed by atoms with van der Waals surface area (Å²) in [5.41, 5.74) is 2.77. The van der Waals surface area contributed by atoms with Gasteiger partial charge in [0.2, 0.25) is 5.91 Å². The maximum absolute atomic E-state index is 12.9. The number of aryl methyl sites for hydroxylation is 1. The smallest absolute Gasteiger partial charge is 0.227 e. The van der Waals surface area contributed by atoms with Gasteiger partial charge in [0.15, 0.2) is 11.7 Å². The molecule has 1 aliphatic heterocycles. The normalized spacial score (nSPS) is 16.3. The third-order valence-corrected chi connectivity index (χ3v) is 6.46. The van der Waals surface area contributed by atoms with Crippen LogP contribution in [-0.2, 0) is 11.2 Å². The first-order chi connectivity index (χ1) is 15.4. The number of hydrogen-bond donors (Lipinski definition) is 0. The number of methoxy groups -OCH3 is 1. The first-order valence-corrected chi connectivity index (χ1v) is 11.2. The molecule has 1 fully saturated rings. The Labute approximate surface area is 197 Å². The number of hydrogen-bond acceptors (Lipinski definition) is 5. The van der Waals surface area contributed by atoms with Gasteiger partial charge in [-0.05, 0) is 36.8 Å². The standard InChI is InChI=1S/C24H25Cl2N3O3/c1-15-14-28(24(30)11-17-4-7-20(25)21(26)10-17)8-9-29(15)18-5-6-19(22(12-18)31-3)23-13-27-16(2)32-23/h4-7,10,12-13,15H,8-9,11,14H2,1-3H3/t15-/m0/s1. The molecule has 0 aliphatic carbocycles. The van der Waals surface area contributed by atoms with Crippen LogP contribution < -0.4 is 9.64 Å². The summed E-state index contributed by atoms with van der Waals surface area (Å²) < 4.78 is 11.3. The van der Waals surface area contributed by atoms with Crippen LogP contribution in [0.2, 0.25) is 10.0 Å². The third-order valence-electron chi connectivity index (χ3n) is 5.72. The van der Waals surface area contributed by atoms with Crippen molar-refractivity contribution in [2.75, 3.05) is 31.6 Å². The van der Waals surface area contributed by atoms with Crippen molar-refractivity contribution < 1.29 is 13.9 Å². The Hall–Kier alpha value is -2.70. The summed E-state index contributed by atoms with van der Waals surface area (Å²) in [7, 11) is 1.65. The number of halogens is 2. The van der Waals surface area contributed by atoms with Crippen LogP contribution in [0.15, 0.2) is 47.0 Å². The number of carbonyl (C=O) groups excluding carboxylic acids is 1. The average molecular weight is 474 g/mol. The summed E-state index contributed by atoms with van der Waals surface area (Å²) in [5.74, 6) is 2.10. The minimum absolute atomic E-state index is 0.0866. The van der Waals surface area contributed by atoms with E-state index >= 15 is 0 Å². The second-order valence-electron chi connectivity index (χ2n) is 7.94. The Kier molecular flexibility index (Phi) is 6.63. The summed E-state index contributed by atoms with van der Waals surface area (Å²) in [5, 5.41) is 0.957. The number of piperazine rings is 1. The number of carbonyl (C=O) groups is 1. The number of amides is 1. The Morgan fingerprint density at radius 2 is 2.00 bits per heavy atom. The molecule has 1 atom stereocenters. The number of rotatable bonds is 5. The average Bonchev–Trinajstić information content (AvgIpc) is 3.21. The van der Waals surface area contributed by atoms with E-state index in [0.717, 1.165) is 29.1 Å². The molecule has 168 valence electrons. The van der Waals surface area contributed by atoms with Crippen molar-refractivity contribution in [3.05, 3.63) is 64.1 Å². The maximum Gasteiger partial charge on any atom is 0.227 e. The van der Waals surface area contributed by atoms with E-state index in [1.165, 1.54) is 0 Å². The molecule has 1 aliphatic rings. The third kappa shape index (κ3) is 4.71. The number of oxazole rings is 1. The maximum atomic E-state index is 12.9. The molecule has 1 aromatic heterocycles. The van der Waals surface area contributed by atoms with Crippen molar-refractivity contribution in [3.63, 3.8) is 0 Å². The molecule has 2 heterocycles. The van der Waals surface area contributed by atoms with Gasteiger partial charge in [-0.2, -0.15) is 0 Å². The van der Waals surface area contributed by atoms with Crippen LogP contribution in [-0.4, -0.2) is 48.6 Å². The second-order valence-corrected chi connectivity index (χ2v) is 8.75. The quantitative estimate of drug-likeness (QED) is 0.506. The molecule has 3 aromatic rings. The van der Waals surface area contributed by atoms with Crippen molar-refractivity contribution in [1.29, 1.82) is 0 Å². The molecular formula is C24H25Cl2N3O3. The van der Waals surface area contributed by atoms with E-state index in [9.17, 15) is 4.79 Å². The highest BCUT2D eigenvalue weighted by atomic mass is 35.5. The molecule has 0 unspecified atom stereocenters. The zero-order chi connectivity index (χ0) is 22.8. The fourth-order valence-electron chi connectivity index (χ4n) is 4.05. The number of ether oxygens (including phenoxy) is 1. The van der Waals surface area contributed by atoms with Crippen LogP contribution in [0.4, 0.5) is 5.69 Å². The van der Waals surface area contributed by atoms with Gasteiger partial charge in [-0.1, -0.05) is 29.3 Å². The number of anilines is 1. The van der Waals surface area contributed by atoms with E-state index in [4.69, 9.17) is 32.4 Å². The van der Waals surface area contributed by atoms with Crippen LogP contribution in [0.3, 0.4) is 0 Å². The molecule has 4 rings (SSSR count). The van der Waals surface area contributed by atoms with E-state index < -0.39 is 0 Å². The number of aromatic nitrogens is 1. The predicted octanol–water partition coefficient (Wildman–Crippen LogP) is 5.25. The van der Waals surface area contributed by atoms with Crippen molar-refractivity contribution in [3.8, 4) is 17.1 Å². The van der Waals surface area contributed by atoms with E-state index in [1.54, 1.807) is 25.4 Å². The molecule has 2 aromatic carbocycles. The molecule has 6 nitrogen and oxygen atoms in total. The van der Waals surface area contributed by atoms with Gasteiger partial charge < -0.3 is 19.0 Å². The zero-order valence-electron chi connectivity index (χ0n) is 18.3. The van der Waals surface area contributed by atoms with Crippen LogP contribution in [0, 0.1) is 6.92 Å². The largest absolute Gasteiger partial charge is 0.496 e. The molecule has 0 spiro atoms. The van der Waals surface area contributed by atoms with Crippen LogP contribution in [0.5, 0.6) is 5.75 Å². The van der Waals surface area contributed by atoms with Gasteiger partial charge in [0.1, 0.15) is 5.75 Å². The van der Waals surface area contributed by atoms with Crippen LogP contribution in [0.1, 0.15) is 18.4 Å². The summed E-state index contributed by atoms with van der Waals surface area (Å²) in [6.45, 7) is 5.96. The lowest BCUT2D eigenvalue weighted by Gasteiger charge is -2.41. The van der Waals surface area contributed by atoms with Crippen LogP contribution in [0.25, 0.3) is 11.3 Å². The van der Waals surface area contributed by atoms with Crippen molar-refractivity contribution >= 4 is 34.8 Å². The second kappa shape index (κ2) is 9.43. The lowest BCUT2D eigenvalue weighted by atomic mass is 10.1. The number of nitrogens with zero attached hydrogens (tertiary/aromatic N) is 3. The monoisotopic (exact) mass is 473 g/mol. The highest BCUT2D eigenvalue weighted by Gasteiger charge is 2.27. The highest BCUT2D eigenvalue weighted by Crippen LogP contribution is 2.35. The minimum atomic E-state index is 0.0866. The Morgan fingerprint density at radius 3 is 2.66 bits per heavy atom. The Morgan fingerprint density at radius 1 is 1.19 bits per heavy atom. The lowest BCUT2D eigenvalue weighted by Crippen LogP contribution is -2.54. The Bertz CT molecular complexity index is 1130. The number of benzene rings is 2. The molecule has 0 bridgehead atoms. The van der Waals surface area contributed by atoms with Gasteiger partial charge in [0, 0.05) is 44.4 Å². The van der Waals surface area contributed by atoms with Gasteiger partial charge >= 0.3 is 0 Å². The van der Waals surface area contributed by atoms with Gasteiger partial charge in [-0.25, -0.2) is 4.98 Å². The molecule has 8 heteroatoms. The molecule has 32 heavy (non-hydrogen) atoms. The lowest BCUT2D eigenvalue weighted by molar-refractivity contribution is -0.131. The van der Waals surface area contributed by atoms with Crippen molar-refractivity contribution in [2.24, 2.45) is 0 Å². The summed E-state index contributed by atoms with van der Waals surface area (Å²) in [4.78, 5) is 21.2. The molecule has 0 saturated carbocycles. The summed E-state index contributed by atoms with van der Waals surface area (Å²) >= 11 is 12.1. The first-order valence-electron chi connectivity index (χ1n) is 10.4. The molecular weight excluding hydrogens is 449 g/mol. The molecule has 0 radical (unpaired) electrons. The summed E-state index contributed by atoms with van der Waals surface area (Å²) in [6, 6.07) is 11.5. The van der Waals surface area contributed by atoms with Gasteiger partial charge in [-0.3, -0.25) is 4.79 Å². The van der Waals surface area contributed by atoms with E-state index in [0.29, 0.717) is 41.2 Å². The van der Waals surface area contributed by atoms with Crippen LogP contribution >= 0.6 is 23.2 Å². The van der Waals surface area contributed by atoms with Crippen molar-refractivity contribution in [2.45, 2.75) is 26.3 Å². The predicted molar refractivity (Wildman–Crippen MR) is 127 cm³/mol. The SMILES string of the molecule is COc1cc(N2CCN(C(=O)Cc3ccc(Cl)c(Cl)c3)C[C@@H]2C)ccc1-c1cnc(C)o1. The molecule has 1 amide bonds. The molecule has 1 saturated heterocycles. The first kappa shape index (κ1) is 22.5. The van der Waals surface area contributed by atoms with Gasteiger partial charge in [-0.15, -0.1) is 0 Å². The van der Waals surface area contributed by atoms with Crippen molar-refractivity contribution in [1.82, 2.24) is 9.88 Å². The molecule has 0 N–H and O–H groups in total. The summed E-state index contributed by atoms with van der Waals surface area (Å²) in [6.07, 6.45) is 2.01. The zero-order valence-corrected chi connectivity index (χ0v) is 19.8. The fourth-order valence-corrected chi connectivity index (χ4v) is 4.37. The minimum Gasteiger partial charge on any atom is -0.496 e. The van der Waals surface area contributed by atoms with Gasteiger partial charge in [0.25, 0.3) is 0 Å². The topological polar surface area (TPSA) is 58.8 Å².